The zero-order valence-corrected chi connectivity index (χ0v) is 17.7. The Morgan fingerprint density at radius 1 is 1.00 bits per heavy atom. The van der Waals surface area contributed by atoms with Crippen molar-refractivity contribution in [2.75, 3.05) is 13.1 Å². The van der Waals surface area contributed by atoms with Crippen LogP contribution in [0.15, 0.2) is 46.2 Å². The van der Waals surface area contributed by atoms with E-state index in [1.54, 1.807) is 12.1 Å². The van der Waals surface area contributed by atoms with Crippen molar-refractivity contribution in [2.24, 2.45) is 0 Å². The first-order chi connectivity index (χ1) is 13.9. The lowest BCUT2D eigenvalue weighted by Gasteiger charge is -2.19. The average Bonchev–Trinajstić information content (AvgIpc) is 2.88. The molecule has 7 nitrogen and oxygen atoms in total. The molecule has 0 amide bonds. The van der Waals surface area contributed by atoms with E-state index in [4.69, 9.17) is 0 Å². The number of aryl methyl sites for hydroxylation is 2. The van der Waals surface area contributed by atoms with Crippen molar-refractivity contribution >= 4 is 15.7 Å². The van der Waals surface area contributed by atoms with E-state index in [1.165, 1.54) is 19.6 Å². The Morgan fingerprint density at radius 3 is 2.45 bits per heavy atom. The van der Waals surface area contributed by atoms with E-state index in [2.05, 4.69) is 5.10 Å². The van der Waals surface area contributed by atoms with Crippen LogP contribution in [0.1, 0.15) is 42.4 Å². The smallest absolute Gasteiger partial charge is 0.249 e. The summed E-state index contributed by atoms with van der Waals surface area (Å²) in [5.41, 5.74) is 3.33. The quantitative estimate of drug-likeness (QED) is 0.658. The Morgan fingerprint density at radius 2 is 1.72 bits per heavy atom. The molecular formula is C21H26N4O3S. The van der Waals surface area contributed by atoms with Gasteiger partial charge in [0.2, 0.25) is 10.0 Å². The van der Waals surface area contributed by atoms with Gasteiger partial charge in [0.1, 0.15) is 0 Å². The number of pyridine rings is 1. The van der Waals surface area contributed by atoms with Gasteiger partial charge < -0.3 is 0 Å². The van der Waals surface area contributed by atoms with Gasteiger partial charge in [0.05, 0.1) is 11.4 Å². The predicted molar refractivity (Wildman–Crippen MR) is 112 cm³/mol. The highest BCUT2D eigenvalue weighted by molar-refractivity contribution is 7.89. The molecule has 0 spiro atoms. The minimum Gasteiger partial charge on any atom is -0.249 e. The molecule has 0 saturated carbocycles. The maximum atomic E-state index is 13.1. The van der Waals surface area contributed by atoms with Gasteiger partial charge in [-0.2, -0.15) is 4.31 Å². The van der Waals surface area contributed by atoms with Gasteiger partial charge in [-0.15, -0.1) is 5.10 Å². The van der Waals surface area contributed by atoms with E-state index in [9.17, 15) is 13.2 Å². The molecule has 154 valence electrons. The molecule has 0 aliphatic carbocycles. The molecule has 3 aromatic rings. The number of aromatic nitrogens is 3. The molecule has 1 fully saturated rings. The van der Waals surface area contributed by atoms with Crippen LogP contribution >= 0.6 is 0 Å². The van der Waals surface area contributed by atoms with Crippen LogP contribution in [0.25, 0.3) is 5.65 Å². The van der Waals surface area contributed by atoms with E-state index in [1.807, 2.05) is 32.0 Å². The van der Waals surface area contributed by atoms with Gasteiger partial charge in [0.25, 0.3) is 0 Å². The van der Waals surface area contributed by atoms with Crippen LogP contribution in [0, 0.1) is 13.8 Å². The van der Waals surface area contributed by atoms with Gasteiger partial charge in [-0.05, 0) is 49.9 Å². The molecule has 4 rings (SSSR count). The number of hydrogen-bond acceptors (Lipinski definition) is 4. The molecule has 0 radical (unpaired) electrons. The van der Waals surface area contributed by atoms with Crippen LogP contribution < -0.4 is 5.69 Å². The molecule has 1 saturated heterocycles. The summed E-state index contributed by atoms with van der Waals surface area (Å²) in [5.74, 6) is 0. The van der Waals surface area contributed by atoms with E-state index in [-0.39, 0.29) is 10.6 Å². The van der Waals surface area contributed by atoms with Crippen LogP contribution in [0.3, 0.4) is 0 Å². The van der Waals surface area contributed by atoms with Crippen LogP contribution in [-0.2, 0) is 16.6 Å². The molecule has 1 aliphatic rings. The minimum absolute atomic E-state index is 0.139. The van der Waals surface area contributed by atoms with Crippen molar-refractivity contribution in [1.29, 1.82) is 0 Å². The summed E-state index contributed by atoms with van der Waals surface area (Å²) in [6.45, 7) is 5.42. The molecule has 1 aliphatic heterocycles. The predicted octanol–water partition coefficient (Wildman–Crippen LogP) is 2.73. The molecule has 0 atom stereocenters. The Bertz CT molecular complexity index is 1200. The molecule has 2 aromatic heterocycles. The third kappa shape index (κ3) is 3.86. The van der Waals surface area contributed by atoms with E-state index in [0.29, 0.717) is 25.3 Å². The largest absolute Gasteiger partial charge is 0.350 e. The van der Waals surface area contributed by atoms with Crippen molar-refractivity contribution in [3.63, 3.8) is 0 Å². The second kappa shape index (κ2) is 7.76. The van der Waals surface area contributed by atoms with E-state index in [0.717, 1.165) is 42.4 Å². The third-order valence-corrected chi connectivity index (χ3v) is 7.46. The Labute approximate surface area is 170 Å². The van der Waals surface area contributed by atoms with Gasteiger partial charge >= 0.3 is 5.69 Å². The summed E-state index contributed by atoms with van der Waals surface area (Å²) in [5, 5.41) is 4.39. The number of rotatable bonds is 4. The molecule has 1 aromatic carbocycles. The highest BCUT2D eigenvalue weighted by atomic mass is 32.2. The van der Waals surface area contributed by atoms with Gasteiger partial charge in [-0.3, -0.25) is 0 Å². The van der Waals surface area contributed by atoms with E-state index >= 15 is 0 Å². The van der Waals surface area contributed by atoms with Crippen molar-refractivity contribution in [2.45, 2.75) is 51.0 Å². The molecule has 29 heavy (non-hydrogen) atoms. The second-order valence-electron chi connectivity index (χ2n) is 7.78. The standard InChI is InChI=1S/C21H26N4O3S/c1-16-7-8-17(2)18(13-16)14-25-21(26)24-15-19(9-10-20(24)22-25)29(27,28)23-11-5-3-4-6-12-23/h7-10,13,15H,3-6,11-12,14H2,1-2H3. The monoisotopic (exact) mass is 414 g/mol. The first kappa shape index (κ1) is 19.8. The Balaban J connectivity index is 1.70. The lowest BCUT2D eigenvalue weighted by molar-refractivity contribution is 0.423. The summed E-state index contributed by atoms with van der Waals surface area (Å²) in [6, 6.07) is 9.25. The fraction of sp³-hybridized carbons (Fsp3) is 0.429. The van der Waals surface area contributed by atoms with Gasteiger partial charge in [0, 0.05) is 19.3 Å². The maximum Gasteiger partial charge on any atom is 0.350 e. The molecule has 0 unspecified atom stereocenters. The van der Waals surface area contributed by atoms with Crippen LogP contribution in [0.2, 0.25) is 0 Å². The molecule has 3 heterocycles. The molecular weight excluding hydrogens is 388 g/mol. The van der Waals surface area contributed by atoms with Gasteiger partial charge in [-0.25, -0.2) is 22.3 Å². The summed E-state index contributed by atoms with van der Waals surface area (Å²) < 4.78 is 30.4. The van der Waals surface area contributed by atoms with Crippen molar-refractivity contribution in [3.05, 3.63) is 63.7 Å². The summed E-state index contributed by atoms with van der Waals surface area (Å²) in [6.07, 6.45) is 5.25. The summed E-state index contributed by atoms with van der Waals surface area (Å²) in [4.78, 5) is 13.0. The van der Waals surface area contributed by atoms with Crippen LogP contribution in [0.4, 0.5) is 0 Å². The molecule has 8 heteroatoms. The fourth-order valence-corrected chi connectivity index (χ4v) is 5.33. The first-order valence-corrected chi connectivity index (χ1v) is 11.5. The Kier molecular flexibility index (Phi) is 5.31. The lowest BCUT2D eigenvalue weighted by atomic mass is 10.1. The topological polar surface area (TPSA) is 76.7 Å². The Hall–Kier alpha value is -2.45. The number of benzene rings is 1. The lowest BCUT2D eigenvalue weighted by Crippen LogP contribution is -2.32. The van der Waals surface area contributed by atoms with Gasteiger partial charge in [-0.1, -0.05) is 36.6 Å². The second-order valence-corrected chi connectivity index (χ2v) is 9.72. The normalized spacial score (nSPS) is 16.2. The highest BCUT2D eigenvalue weighted by Gasteiger charge is 2.26. The minimum atomic E-state index is -3.62. The molecule has 0 N–H and O–H groups in total. The zero-order valence-electron chi connectivity index (χ0n) is 16.8. The number of hydrogen-bond donors (Lipinski definition) is 0. The first-order valence-electron chi connectivity index (χ1n) is 10.0. The average molecular weight is 415 g/mol. The summed E-state index contributed by atoms with van der Waals surface area (Å²) in [7, 11) is -3.62. The van der Waals surface area contributed by atoms with Crippen molar-refractivity contribution < 1.29 is 8.42 Å². The van der Waals surface area contributed by atoms with Crippen LogP contribution in [-0.4, -0.2) is 40.0 Å². The van der Waals surface area contributed by atoms with Crippen molar-refractivity contribution in [3.8, 4) is 0 Å². The maximum absolute atomic E-state index is 13.1. The fourth-order valence-electron chi connectivity index (χ4n) is 3.82. The van der Waals surface area contributed by atoms with Crippen molar-refractivity contribution in [1.82, 2.24) is 18.5 Å². The zero-order chi connectivity index (χ0) is 20.6. The SMILES string of the molecule is Cc1ccc(C)c(Cn2nc3ccc(S(=O)(=O)N4CCCCCC4)cn3c2=O)c1. The number of nitrogens with zero attached hydrogens (tertiary/aromatic N) is 4. The molecule has 0 bridgehead atoms. The van der Waals surface area contributed by atoms with Gasteiger partial charge in [0.15, 0.2) is 5.65 Å². The van der Waals surface area contributed by atoms with E-state index < -0.39 is 10.0 Å². The highest BCUT2D eigenvalue weighted by Crippen LogP contribution is 2.20. The third-order valence-electron chi connectivity index (χ3n) is 5.58. The number of fused-ring (bicyclic) bond motifs is 1. The van der Waals surface area contributed by atoms with Crippen LogP contribution in [0.5, 0.6) is 0 Å². The number of sulfonamides is 1. The summed E-state index contributed by atoms with van der Waals surface area (Å²) >= 11 is 0.